The summed E-state index contributed by atoms with van der Waals surface area (Å²) < 4.78 is 4.55. The van der Waals surface area contributed by atoms with Crippen LogP contribution in [0.15, 0.2) is 73.3 Å². The van der Waals surface area contributed by atoms with Gasteiger partial charge in [-0.1, -0.05) is 43.0 Å². The lowest BCUT2D eigenvalue weighted by molar-refractivity contribution is 0.0996. The maximum atomic E-state index is 13.3. The molecule has 0 aliphatic carbocycles. The number of hydrogen-bond donors (Lipinski definition) is 3. The van der Waals surface area contributed by atoms with Crippen LogP contribution in [0.1, 0.15) is 31.8 Å². The number of ether oxygens (including phenoxy) is 1. The molecule has 8 heteroatoms. The summed E-state index contributed by atoms with van der Waals surface area (Å²) in [5.41, 5.74) is 3.47. The molecule has 4 aromatic rings. The number of benzene rings is 3. The Morgan fingerprint density at radius 3 is 2.52 bits per heavy atom. The fourth-order valence-electron chi connectivity index (χ4n) is 3.33. The van der Waals surface area contributed by atoms with E-state index in [1.165, 1.54) is 7.11 Å². The van der Waals surface area contributed by atoms with E-state index in [0.717, 1.165) is 5.56 Å². The topological polar surface area (TPSA) is 113 Å². The molecule has 0 radical (unpaired) electrons. The Morgan fingerprint density at radius 2 is 1.76 bits per heavy atom. The maximum absolute atomic E-state index is 13.3. The third-order valence-corrected chi connectivity index (χ3v) is 4.95. The van der Waals surface area contributed by atoms with E-state index in [-0.39, 0.29) is 22.9 Å². The molecule has 0 saturated heterocycles. The van der Waals surface area contributed by atoms with Crippen molar-refractivity contribution in [2.24, 2.45) is 0 Å². The number of aromatic amines is 1. The molecule has 0 saturated carbocycles. The van der Waals surface area contributed by atoms with Crippen molar-refractivity contribution in [2.45, 2.75) is 0 Å². The van der Waals surface area contributed by atoms with E-state index < -0.39 is 12.0 Å². The summed E-state index contributed by atoms with van der Waals surface area (Å²) in [7, 11) is 1.25. The van der Waals surface area contributed by atoms with E-state index in [9.17, 15) is 14.4 Å². The minimum atomic E-state index is -0.663. The molecule has 0 fully saturated rings. The van der Waals surface area contributed by atoms with E-state index in [1.54, 1.807) is 60.7 Å². The van der Waals surface area contributed by atoms with Crippen molar-refractivity contribution in [3.05, 3.63) is 95.6 Å². The first-order valence-corrected chi connectivity index (χ1v) is 10.0. The van der Waals surface area contributed by atoms with Gasteiger partial charge in [0.2, 0.25) is 5.95 Å². The van der Waals surface area contributed by atoms with Crippen LogP contribution in [0.2, 0.25) is 0 Å². The summed E-state index contributed by atoms with van der Waals surface area (Å²) in [4.78, 5) is 44.8. The fraction of sp³-hybridized carbons (Fsp3) is 0.0400. The van der Waals surface area contributed by atoms with Crippen LogP contribution in [0.3, 0.4) is 0 Å². The van der Waals surface area contributed by atoms with Gasteiger partial charge in [0.1, 0.15) is 0 Å². The van der Waals surface area contributed by atoms with Crippen molar-refractivity contribution in [1.29, 1.82) is 0 Å². The van der Waals surface area contributed by atoms with Gasteiger partial charge < -0.3 is 15.0 Å². The minimum Gasteiger partial charge on any atom is -0.453 e. The molecule has 2 amide bonds. The van der Waals surface area contributed by atoms with E-state index in [2.05, 4.69) is 31.9 Å². The summed E-state index contributed by atoms with van der Waals surface area (Å²) in [5.74, 6) is -0.519. The average molecular weight is 440 g/mol. The molecule has 3 N–H and O–H groups in total. The van der Waals surface area contributed by atoms with Gasteiger partial charge in [-0.25, -0.2) is 9.78 Å². The van der Waals surface area contributed by atoms with Crippen LogP contribution in [-0.4, -0.2) is 34.9 Å². The highest BCUT2D eigenvalue weighted by Gasteiger charge is 2.19. The molecule has 0 spiro atoms. The van der Waals surface area contributed by atoms with Crippen molar-refractivity contribution in [2.75, 3.05) is 17.7 Å². The Bertz CT molecular complexity index is 1390. The number of aromatic nitrogens is 2. The zero-order valence-electron chi connectivity index (χ0n) is 17.7. The predicted molar refractivity (Wildman–Crippen MR) is 126 cm³/mol. The number of fused-ring (bicyclic) bond motifs is 1. The molecule has 8 nitrogen and oxygen atoms in total. The molecule has 164 valence electrons. The van der Waals surface area contributed by atoms with Gasteiger partial charge in [-0.05, 0) is 42.0 Å². The Hall–Kier alpha value is -4.72. The van der Waals surface area contributed by atoms with E-state index in [1.807, 2.05) is 12.1 Å². The molecule has 4 rings (SSSR count). The summed E-state index contributed by atoms with van der Waals surface area (Å²) >= 11 is 0. The molecule has 0 aliphatic heterocycles. The SMILES string of the molecule is C=Cc1cccc(NC(=O)c2ccccc2C(=O)c2ccc3nc(NC(=O)OC)[nH]c3c2)c1. The molecule has 0 unspecified atom stereocenters. The number of rotatable bonds is 6. The Kier molecular flexibility index (Phi) is 5.99. The quantitative estimate of drug-likeness (QED) is 0.370. The van der Waals surface area contributed by atoms with Gasteiger partial charge in [0.05, 0.1) is 23.7 Å². The fourth-order valence-corrected chi connectivity index (χ4v) is 3.33. The van der Waals surface area contributed by atoms with Crippen LogP contribution in [0.4, 0.5) is 16.4 Å². The highest BCUT2D eigenvalue weighted by molar-refractivity contribution is 6.18. The molecular weight excluding hydrogens is 420 g/mol. The van der Waals surface area contributed by atoms with Crippen molar-refractivity contribution in [1.82, 2.24) is 9.97 Å². The number of carbonyl (C=O) groups is 3. The van der Waals surface area contributed by atoms with Crippen LogP contribution < -0.4 is 10.6 Å². The first-order valence-electron chi connectivity index (χ1n) is 10.0. The van der Waals surface area contributed by atoms with Crippen LogP contribution in [0.25, 0.3) is 17.1 Å². The van der Waals surface area contributed by atoms with Gasteiger partial charge in [-0.15, -0.1) is 0 Å². The zero-order chi connectivity index (χ0) is 23.4. The molecule has 1 heterocycles. The number of amides is 2. The first kappa shape index (κ1) is 21.5. The van der Waals surface area contributed by atoms with Crippen LogP contribution in [-0.2, 0) is 4.74 Å². The van der Waals surface area contributed by atoms with E-state index in [0.29, 0.717) is 22.3 Å². The van der Waals surface area contributed by atoms with Crippen molar-refractivity contribution in [3.63, 3.8) is 0 Å². The summed E-state index contributed by atoms with van der Waals surface area (Å²) in [6, 6.07) is 18.8. The normalized spacial score (nSPS) is 10.5. The van der Waals surface area contributed by atoms with Crippen molar-refractivity contribution in [3.8, 4) is 0 Å². The highest BCUT2D eigenvalue weighted by Crippen LogP contribution is 2.21. The van der Waals surface area contributed by atoms with Gasteiger partial charge in [0.15, 0.2) is 5.78 Å². The van der Waals surface area contributed by atoms with Crippen LogP contribution in [0.5, 0.6) is 0 Å². The lowest BCUT2D eigenvalue weighted by atomic mass is 9.97. The second-order valence-electron chi connectivity index (χ2n) is 7.09. The zero-order valence-corrected chi connectivity index (χ0v) is 17.7. The standard InChI is InChI=1S/C25H20N4O4/c1-3-15-7-6-8-17(13-15)26-23(31)19-10-5-4-9-18(19)22(30)16-11-12-20-21(14-16)28-24(27-20)29-25(32)33-2/h3-14H,1H2,2H3,(H,26,31)(H2,27,28,29,32). The van der Waals surface area contributed by atoms with E-state index >= 15 is 0 Å². The third-order valence-electron chi connectivity index (χ3n) is 4.95. The molecular formula is C25H20N4O4. The summed E-state index contributed by atoms with van der Waals surface area (Å²) in [5, 5.41) is 5.27. The Balaban J connectivity index is 1.62. The van der Waals surface area contributed by atoms with Crippen LogP contribution in [0, 0.1) is 0 Å². The summed E-state index contributed by atoms with van der Waals surface area (Å²) in [6.07, 6.45) is 1.02. The van der Waals surface area contributed by atoms with Gasteiger partial charge in [0, 0.05) is 16.8 Å². The number of H-pyrrole nitrogens is 1. The molecule has 33 heavy (non-hydrogen) atoms. The number of nitrogens with zero attached hydrogens (tertiary/aromatic N) is 1. The molecule has 3 aromatic carbocycles. The van der Waals surface area contributed by atoms with Gasteiger partial charge in [0.25, 0.3) is 5.91 Å². The number of hydrogen-bond acceptors (Lipinski definition) is 5. The van der Waals surface area contributed by atoms with Crippen molar-refractivity contribution < 1.29 is 19.1 Å². The van der Waals surface area contributed by atoms with Crippen molar-refractivity contribution >= 4 is 46.5 Å². The minimum absolute atomic E-state index is 0.197. The number of methoxy groups -OCH3 is 1. The maximum Gasteiger partial charge on any atom is 0.413 e. The lowest BCUT2D eigenvalue weighted by Gasteiger charge is -2.10. The second kappa shape index (κ2) is 9.19. The van der Waals surface area contributed by atoms with Gasteiger partial charge in [-0.2, -0.15) is 0 Å². The molecule has 0 aliphatic rings. The first-order chi connectivity index (χ1) is 16.0. The molecule has 1 aromatic heterocycles. The average Bonchev–Trinajstić information content (AvgIpc) is 3.24. The number of nitrogens with one attached hydrogen (secondary N) is 3. The van der Waals surface area contributed by atoms with E-state index in [4.69, 9.17) is 0 Å². The van der Waals surface area contributed by atoms with Crippen LogP contribution >= 0.6 is 0 Å². The Morgan fingerprint density at radius 1 is 0.970 bits per heavy atom. The second-order valence-corrected chi connectivity index (χ2v) is 7.09. The van der Waals surface area contributed by atoms with Gasteiger partial charge in [-0.3, -0.25) is 14.9 Å². The van der Waals surface area contributed by atoms with Gasteiger partial charge >= 0.3 is 6.09 Å². The number of carbonyl (C=O) groups excluding carboxylic acids is 3. The lowest BCUT2D eigenvalue weighted by Crippen LogP contribution is -2.17. The number of anilines is 2. The monoisotopic (exact) mass is 440 g/mol. The Labute approximate surface area is 189 Å². The third kappa shape index (κ3) is 4.64. The smallest absolute Gasteiger partial charge is 0.413 e. The number of imidazole rings is 1. The highest BCUT2D eigenvalue weighted by atomic mass is 16.5. The largest absolute Gasteiger partial charge is 0.453 e. The molecule has 0 atom stereocenters. The number of ketones is 1. The predicted octanol–water partition coefficient (Wildman–Crippen LogP) is 4.87. The summed E-state index contributed by atoms with van der Waals surface area (Å²) in [6.45, 7) is 3.73. The molecule has 0 bridgehead atoms.